The fourth-order valence-corrected chi connectivity index (χ4v) is 9.05. The first-order chi connectivity index (χ1) is 22.4. The third-order valence-electron chi connectivity index (χ3n) is 11.1. The van der Waals surface area contributed by atoms with E-state index in [4.69, 9.17) is 6.42 Å². The first kappa shape index (κ1) is 27.1. The molecule has 9 rings (SSSR count). The lowest BCUT2D eigenvalue weighted by molar-refractivity contribution is 0.0487. The molecule has 0 N–H and O–H groups in total. The maximum Gasteiger partial charge on any atom is 0.261 e. The molecule has 0 saturated heterocycles. The van der Waals surface area contributed by atoms with Crippen molar-refractivity contribution in [3.05, 3.63) is 69.8 Å². The van der Waals surface area contributed by atoms with E-state index in [1.54, 1.807) is 24.3 Å². The zero-order chi connectivity index (χ0) is 31.4. The second-order valence-electron chi connectivity index (χ2n) is 13.3. The summed E-state index contributed by atoms with van der Waals surface area (Å²) >= 11 is 0. The summed E-state index contributed by atoms with van der Waals surface area (Å²) in [7, 11) is 0. The summed E-state index contributed by atoms with van der Waals surface area (Å²) in [5, 5.41) is 15.6. The largest absolute Gasteiger partial charge is 0.271 e. The van der Waals surface area contributed by atoms with Crippen molar-refractivity contribution in [2.75, 3.05) is 0 Å². The molecular weight excluding hydrogens is 574 g/mol. The number of nitriles is 1. The minimum atomic E-state index is -0.364. The zero-order valence-electron chi connectivity index (χ0n) is 25.2. The maximum absolute atomic E-state index is 14.1. The lowest BCUT2D eigenvalue weighted by atomic mass is 9.79. The van der Waals surface area contributed by atoms with Crippen molar-refractivity contribution in [3.8, 4) is 18.4 Å². The van der Waals surface area contributed by atoms with Gasteiger partial charge in [-0.1, -0.05) is 56.6 Å². The van der Waals surface area contributed by atoms with Crippen LogP contribution < -0.4 is 0 Å². The highest BCUT2D eigenvalue weighted by Crippen LogP contribution is 2.49. The van der Waals surface area contributed by atoms with E-state index in [0.29, 0.717) is 76.5 Å². The first-order valence-corrected chi connectivity index (χ1v) is 16.3. The van der Waals surface area contributed by atoms with Crippen molar-refractivity contribution in [2.24, 2.45) is 0 Å². The molecule has 7 heteroatoms. The van der Waals surface area contributed by atoms with Crippen molar-refractivity contribution in [1.29, 1.82) is 5.26 Å². The van der Waals surface area contributed by atoms with Gasteiger partial charge in [-0.15, -0.1) is 6.42 Å². The van der Waals surface area contributed by atoms with Gasteiger partial charge in [-0.25, -0.2) is 0 Å². The topological polar surface area (TPSA) is 98.6 Å². The average Bonchev–Trinajstić information content (AvgIpc) is 3.09. The third kappa shape index (κ3) is 3.33. The van der Waals surface area contributed by atoms with Crippen LogP contribution in [0.15, 0.2) is 36.4 Å². The van der Waals surface area contributed by atoms with Crippen LogP contribution in [-0.2, 0) is 0 Å². The van der Waals surface area contributed by atoms with E-state index >= 15 is 0 Å². The van der Waals surface area contributed by atoms with Gasteiger partial charge in [0, 0.05) is 66.7 Å². The normalized spacial score (nSPS) is 19.2. The summed E-state index contributed by atoms with van der Waals surface area (Å²) in [6, 6.07) is 12.6. The third-order valence-corrected chi connectivity index (χ3v) is 11.1. The van der Waals surface area contributed by atoms with Gasteiger partial charge < -0.3 is 0 Å². The molecule has 4 amide bonds. The molecule has 2 heterocycles. The number of benzene rings is 5. The monoisotopic (exact) mass is 603 g/mol. The molecule has 0 unspecified atom stereocenters. The van der Waals surface area contributed by atoms with E-state index in [-0.39, 0.29) is 35.7 Å². The molecular formula is C39H29N3O4. The molecule has 0 radical (unpaired) electrons. The van der Waals surface area contributed by atoms with E-state index in [0.717, 1.165) is 64.2 Å². The molecule has 224 valence electrons. The minimum Gasteiger partial charge on any atom is -0.271 e. The molecule has 2 aliphatic heterocycles. The molecule has 0 atom stereocenters. The Morgan fingerprint density at radius 1 is 0.543 bits per heavy atom. The van der Waals surface area contributed by atoms with Gasteiger partial charge in [-0.05, 0) is 60.7 Å². The number of imide groups is 2. The predicted octanol–water partition coefficient (Wildman–Crippen LogP) is 7.45. The summed E-state index contributed by atoms with van der Waals surface area (Å²) in [4.78, 5) is 59.2. The summed E-state index contributed by atoms with van der Waals surface area (Å²) in [5.74, 6) is 1.50. The molecule has 5 aromatic rings. The average molecular weight is 604 g/mol. The summed E-state index contributed by atoms with van der Waals surface area (Å²) in [6.45, 7) is 0. The van der Waals surface area contributed by atoms with E-state index < -0.39 is 0 Å². The van der Waals surface area contributed by atoms with Gasteiger partial charge in [0.2, 0.25) is 0 Å². The Balaban J connectivity index is 1.38. The van der Waals surface area contributed by atoms with Crippen LogP contribution in [0.3, 0.4) is 0 Å². The molecule has 0 spiro atoms. The van der Waals surface area contributed by atoms with Crippen LogP contribution >= 0.6 is 0 Å². The highest BCUT2D eigenvalue weighted by molar-refractivity contribution is 6.42. The zero-order valence-corrected chi connectivity index (χ0v) is 25.2. The smallest absolute Gasteiger partial charge is 0.261 e. The van der Waals surface area contributed by atoms with Crippen molar-refractivity contribution in [2.45, 2.75) is 76.3 Å². The van der Waals surface area contributed by atoms with Crippen LogP contribution in [0, 0.1) is 23.7 Å². The number of hydrogen-bond acceptors (Lipinski definition) is 5. The number of carbonyl (C=O) groups excluding carboxylic acids is 4. The van der Waals surface area contributed by atoms with Gasteiger partial charge in [0.15, 0.2) is 0 Å². The predicted molar refractivity (Wildman–Crippen MR) is 175 cm³/mol. The quantitative estimate of drug-likeness (QED) is 0.0904. The van der Waals surface area contributed by atoms with Crippen molar-refractivity contribution in [3.63, 3.8) is 0 Å². The SMILES string of the molecule is C#Cc1cc2c3c(ccc4c5c(C#N)cc6c7c(ccc(c1c34)c75)C(=O)N(C1CCCCC1)C6=O)C(=O)N(C1CCCCC1)C2=O. The fraction of sp³-hybridized carbons (Fsp3) is 0.308. The van der Waals surface area contributed by atoms with Crippen LogP contribution in [0.4, 0.5) is 0 Å². The lowest BCUT2D eigenvalue weighted by Crippen LogP contribution is -2.48. The standard InChI is InChI=1S/C39H29N3O4/c1-2-20-17-28-32-26(36(43)41(38(28)45)22-9-5-3-6-10-22)16-14-25-31-21(19-40)18-29-33-27(15-13-24(35(31)33)30(20)34(25)32)37(44)42(39(29)46)23-11-7-4-8-12-23/h1,13-18,22-23H,3-12H2. The molecule has 2 fully saturated rings. The Morgan fingerprint density at radius 3 is 1.39 bits per heavy atom. The Kier molecular flexibility index (Phi) is 5.66. The molecule has 4 aliphatic rings. The minimum absolute atomic E-state index is 0.149. The molecule has 0 bridgehead atoms. The molecule has 7 nitrogen and oxygen atoms in total. The Hall–Kier alpha value is -5.27. The lowest BCUT2D eigenvalue weighted by Gasteiger charge is -2.37. The summed E-state index contributed by atoms with van der Waals surface area (Å²) in [6.07, 6.45) is 15.4. The molecule has 2 aliphatic carbocycles. The van der Waals surface area contributed by atoms with Crippen molar-refractivity contribution < 1.29 is 19.2 Å². The molecule has 5 aromatic carbocycles. The van der Waals surface area contributed by atoms with E-state index in [1.165, 1.54) is 9.80 Å². The summed E-state index contributed by atoms with van der Waals surface area (Å²) in [5.41, 5.74) is 2.43. The molecule has 0 aromatic heterocycles. The molecule has 2 saturated carbocycles. The van der Waals surface area contributed by atoms with Crippen LogP contribution in [0.25, 0.3) is 43.1 Å². The summed E-state index contributed by atoms with van der Waals surface area (Å²) < 4.78 is 0. The first-order valence-electron chi connectivity index (χ1n) is 16.3. The number of terminal acetylenes is 1. The fourth-order valence-electron chi connectivity index (χ4n) is 9.05. The highest BCUT2D eigenvalue weighted by atomic mass is 16.2. The van der Waals surface area contributed by atoms with Gasteiger partial charge in [0.25, 0.3) is 23.6 Å². The second-order valence-corrected chi connectivity index (χ2v) is 13.3. The number of rotatable bonds is 2. The number of amides is 4. The number of carbonyl (C=O) groups is 4. The van der Waals surface area contributed by atoms with Gasteiger partial charge >= 0.3 is 0 Å². The maximum atomic E-state index is 14.1. The molecule has 46 heavy (non-hydrogen) atoms. The second kappa shape index (κ2) is 9.61. The van der Waals surface area contributed by atoms with E-state index in [2.05, 4.69) is 12.0 Å². The van der Waals surface area contributed by atoms with Gasteiger partial charge in [0.1, 0.15) is 0 Å². The number of fused-ring (bicyclic) bond motifs is 2. The van der Waals surface area contributed by atoms with Gasteiger partial charge in [0.05, 0.1) is 17.2 Å². The Morgan fingerprint density at radius 2 is 0.957 bits per heavy atom. The van der Waals surface area contributed by atoms with Gasteiger partial charge in [-0.3, -0.25) is 29.0 Å². The van der Waals surface area contributed by atoms with E-state index in [9.17, 15) is 24.4 Å². The Labute approximate surface area is 265 Å². The van der Waals surface area contributed by atoms with Crippen molar-refractivity contribution in [1.82, 2.24) is 9.80 Å². The van der Waals surface area contributed by atoms with Crippen LogP contribution in [0.5, 0.6) is 0 Å². The number of hydrogen-bond donors (Lipinski definition) is 0. The number of nitrogens with zero attached hydrogens (tertiary/aromatic N) is 3. The van der Waals surface area contributed by atoms with Gasteiger partial charge in [-0.2, -0.15) is 5.26 Å². The van der Waals surface area contributed by atoms with Crippen LogP contribution in [0.1, 0.15) is 117 Å². The van der Waals surface area contributed by atoms with Crippen LogP contribution in [-0.4, -0.2) is 45.5 Å². The highest BCUT2D eigenvalue weighted by Gasteiger charge is 2.42. The van der Waals surface area contributed by atoms with Crippen molar-refractivity contribution >= 4 is 66.7 Å². The Bertz CT molecular complexity index is 2180. The van der Waals surface area contributed by atoms with E-state index in [1.807, 2.05) is 12.1 Å². The van der Waals surface area contributed by atoms with Crippen LogP contribution in [0.2, 0.25) is 0 Å².